The fraction of sp³-hybridized carbons (Fsp3) is 0.200. The summed E-state index contributed by atoms with van der Waals surface area (Å²) >= 11 is 18.3. The molecule has 2 N–H and O–H groups in total. The number of hydrogen-bond donors (Lipinski definition) is 2. The number of amides is 1. The number of anilines is 1. The Morgan fingerprint density at radius 1 is 0.971 bits per heavy atom. The van der Waals surface area contributed by atoms with Gasteiger partial charge in [0.2, 0.25) is 0 Å². The molecule has 10 heteroatoms. The van der Waals surface area contributed by atoms with Crippen molar-refractivity contribution in [3.63, 3.8) is 0 Å². The summed E-state index contributed by atoms with van der Waals surface area (Å²) in [6.07, 6.45) is 0.389. The van der Waals surface area contributed by atoms with Crippen molar-refractivity contribution in [1.29, 1.82) is 0 Å². The largest absolute Gasteiger partial charge is 0.481 e. The zero-order valence-electron chi connectivity index (χ0n) is 18.2. The van der Waals surface area contributed by atoms with Gasteiger partial charge in [-0.2, -0.15) is 0 Å². The second kappa shape index (κ2) is 10.2. The van der Waals surface area contributed by atoms with E-state index in [1.165, 1.54) is 12.1 Å². The molecule has 3 aromatic carbocycles. The number of nitrogens with one attached hydrogen (secondary N) is 1. The molecule has 182 valence electrons. The summed E-state index contributed by atoms with van der Waals surface area (Å²) in [5.74, 6) is -1.88. The van der Waals surface area contributed by atoms with Gasteiger partial charge in [-0.3, -0.25) is 9.59 Å². The fourth-order valence-electron chi connectivity index (χ4n) is 4.40. The summed E-state index contributed by atoms with van der Waals surface area (Å²) in [5, 5.41) is 11.7. The van der Waals surface area contributed by atoms with E-state index in [0.29, 0.717) is 23.2 Å². The Kier molecular flexibility index (Phi) is 7.43. The summed E-state index contributed by atoms with van der Waals surface area (Å²) in [6, 6.07) is 15.7. The van der Waals surface area contributed by atoms with Crippen LogP contribution in [0.25, 0.3) is 0 Å². The first-order valence-corrected chi connectivity index (χ1v) is 13.3. The van der Waals surface area contributed by atoms with Gasteiger partial charge in [-0.25, -0.2) is 8.42 Å². The third-order valence-electron chi connectivity index (χ3n) is 5.96. The summed E-state index contributed by atoms with van der Waals surface area (Å²) < 4.78 is 27.3. The number of rotatable bonds is 6. The summed E-state index contributed by atoms with van der Waals surface area (Å²) in [5.41, 5.74) is 1.70. The van der Waals surface area contributed by atoms with Gasteiger partial charge in [-0.1, -0.05) is 53.0 Å². The molecule has 0 spiro atoms. The molecule has 3 aromatic rings. The zero-order valence-corrected chi connectivity index (χ0v) is 21.3. The fourth-order valence-corrected chi connectivity index (χ4v) is 7.19. The molecule has 1 amide bonds. The van der Waals surface area contributed by atoms with Gasteiger partial charge >= 0.3 is 5.97 Å². The Labute approximate surface area is 217 Å². The molecular weight excluding hydrogens is 533 g/mol. The summed E-state index contributed by atoms with van der Waals surface area (Å²) in [6.45, 7) is 0. The van der Waals surface area contributed by atoms with E-state index in [9.17, 15) is 23.1 Å². The molecule has 6 nitrogen and oxygen atoms in total. The van der Waals surface area contributed by atoms with E-state index in [2.05, 4.69) is 5.32 Å². The van der Waals surface area contributed by atoms with E-state index in [1.54, 1.807) is 48.5 Å². The molecule has 0 fully saturated rings. The third-order valence-corrected chi connectivity index (χ3v) is 8.93. The SMILES string of the molecule is O=C(O)C[C@@H]1Cc2ccc(NC(=O)c3c(Cl)cccc3Cl)cc2C(S(=O)(=O)c2cccc(Cl)c2)C1. The maximum absolute atomic E-state index is 13.6. The zero-order chi connectivity index (χ0) is 25.3. The molecule has 1 aliphatic carbocycles. The highest BCUT2D eigenvalue weighted by Crippen LogP contribution is 2.43. The molecule has 0 aromatic heterocycles. The van der Waals surface area contributed by atoms with Gasteiger partial charge in [0.1, 0.15) is 0 Å². The minimum absolute atomic E-state index is 0.0502. The second-order valence-corrected chi connectivity index (χ2v) is 11.7. The van der Waals surface area contributed by atoms with Crippen molar-refractivity contribution in [1.82, 2.24) is 0 Å². The van der Waals surface area contributed by atoms with Crippen LogP contribution in [0.5, 0.6) is 0 Å². The van der Waals surface area contributed by atoms with Gasteiger partial charge in [0.25, 0.3) is 5.91 Å². The first-order valence-electron chi connectivity index (χ1n) is 10.7. The molecule has 1 unspecified atom stereocenters. The Morgan fingerprint density at radius 3 is 2.31 bits per heavy atom. The highest BCUT2D eigenvalue weighted by molar-refractivity contribution is 7.91. The summed E-state index contributed by atoms with van der Waals surface area (Å²) in [4.78, 5) is 24.3. The van der Waals surface area contributed by atoms with Crippen molar-refractivity contribution >= 4 is 62.2 Å². The molecule has 0 heterocycles. The lowest BCUT2D eigenvalue weighted by Crippen LogP contribution is -2.26. The van der Waals surface area contributed by atoms with Crippen LogP contribution in [0.15, 0.2) is 65.6 Å². The van der Waals surface area contributed by atoms with Crippen molar-refractivity contribution in [3.05, 3.63) is 92.4 Å². The number of carbonyl (C=O) groups excluding carboxylic acids is 1. The topological polar surface area (TPSA) is 101 Å². The van der Waals surface area contributed by atoms with E-state index < -0.39 is 27.0 Å². The second-order valence-electron chi connectivity index (χ2n) is 8.36. The van der Waals surface area contributed by atoms with Crippen molar-refractivity contribution < 1.29 is 23.1 Å². The number of aliphatic carboxylic acids is 1. The van der Waals surface area contributed by atoms with Gasteiger partial charge in [0.05, 0.1) is 25.8 Å². The highest BCUT2D eigenvalue weighted by Gasteiger charge is 2.37. The van der Waals surface area contributed by atoms with E-state index in [4.69, 9.17) is 34.8 Å². The van der Waals surface area contributed by atoms with Crippen LogP contribution >= 0.6 is 34.8 Å². The quantitative estimate of drug-likeness (QED) is 0.366. The first-order chi connectivity index (χ1) is 16.6. The third kappa shape index (κ3) is 5.48. The lowest BCUT2D eigenvalue weighted by atomic mass is 9.81. The Bertz CT molecular complexity index is 1400. The molecule has 0 saturated heterocycles. The van der Waals surface area contributed by atoms with Gasteiger partial charge in [0, 0.05) is 17.1 Å². The van der Waals surface area contributed by atoms with Crippen LogP contribution < -0.4 is 5.32 Å². The van der Waals surface area contributed by atoms with Crippen molar-refractivity contribution in [3.8, 4) is 0 Å². The molecule has 1 aliphatic rings. The number of carboxylic acids is 1. The smallest absolute Gasteiger partial charge is 0.303 e. The van der Waals surface area contributed by atoms with Crippen LogP contribution in [0, 0.1) is 5.92 Å². The van der Waals surface area contributed by atoms with Crippen molar-refractivity contribution in [2.45, 2.75) is 29.4 Å². The van der Waals surface area contributed by atoms with Crippen LogP contribution in [0.3, 0.4) is 0 Å². The van der Waals surface area contributed by atoms with E-state index in [1.807, 2.05) is 0 Å². The number of fused-ring (bicyclic) bond motifs is 1. The minimum atomic E-state index is -3.91. The normalized spacial score (nSPS) is 17.5. The van der Waals surface area contributed by atoms with Crippen LogP contribution in [-0.4, -0.2) is 25.4 Å². The number of sulfone groups is 1. The van der Waals surface area contributed by atoms with Crippen LogP contribution in [0.2, 0.25) is 15.1 Å². The lowest BCUT2D eigenvalue weighted by molar-refractivity contribution is -0.138. The average Bonchev–Trinajstić information content (AvgIpc) is 2.78. The Balaban J connectivity index is 1.74. The maximum Gasteiger partial charge on any atom is 0.303 e. The van der Waals surface area contributed by atoms with E-state index >= 15 is 0 Å². The average molecular weight is 553 g/mol. The molecule has 0 saturated carbocycles. The van der Waals surface area contributed by atoms with Crippen LogP contribution in [0.1, 0.15) is 39.6 Å². The highest BCUT2D eigenvalue weighted by atomic mass is 35.5. The standard InChI is InChI=1S/C25H20Cl3NO5S/c26-16-3-1-4-18(12-16)35(33,34)22-10-14(11-23(30)31)9-15-7-8-17(13-19(15)22)29-25(32)24-20(27)5-2-6-21(24)28/h1-8,12-14,22H,9-11H2,(H,29,32)(H,30,31)/t14-,22?/m1/s1. The monoisotopic (exact) mass is 551 g/mol. The number of carboxylic acid groups (broad SMARTS) is 1. The predicted molar refractivity (Wildman–Crippen MR) is 136 cm³/mol. The Morgan fingerprint density at radius 2 is 1.66 bits per heavy atom. The molecular formula is C25H20Cl3NO5S. The molecule has 0 aliphatic heterocycles. The number of halogens is 3. The van der Waals surface area contributed by atoms with Gasteiger partial charge in [-0.15, -0.1) is 0 Å². The van der Waals surface area contributed by atoms with Gasteiger partial charge in [0.15, 0.2) is 9.84 Å². The van der Waals surface area contributed by atoms with Crippen molar-refractivity contribution in [2.75, 3.05) is 5.32 Å². The predicted octanol–water partition coefficient (Wildman–Crippen LogP) is 6.45. The molecule has 4 rings (SSSR count). The lowest BCUT2D eigenvalue weighted by Gasteiger charge is -2.31. The summed E-state index contributed by atoms with van der Waals surface area (Å²) in [7, 11) is -3.91. The maximum atomic E-state index is 13.6. The molecule has 35 heavy (non-hydrogen) atoms. The first kappa shape index (κ1) is 25.5. The molecule has 0 bridgehead atoms. The molecule has 2 atom stereocenters. The van der Waals surface area contributed by atoms with Gasteiger partial charge < -0.3 is 10.4 Å². The van der Waals surface area contributed by atoms with Crippen LogP contribution in [0.4, 0.5) is 5.69 Å². The number of benzene rings is 3. The molecule has 0 radical (unpaired) electrons. The van der Waals surface area contributed by atoms with E-state index in [-0.39, 0.29) is 44.3 Å². The minimum Gasteiger partial charge on any atom is -0.481 e. The van der Waals surface area contributed by atoms with Crippen molar-refractivity contribution in [2.24, 2.45) is 5.92 Å². The number of carbonyl (C=O) groups is 2. The Hall–Kier alpha value is -2.58. The van der Waals surface area contributed by atoms with Crippen LogP contribution in [-0.2, 0) is 21.1 Å². The van der Waals surface area contributed by atoms with Gasteiger partial charge in [-0.05, 0) is 72.4 Å². The number of hydrogen-bond acceptors (Lipinski definition) is 4. The van der Waals surface area contributed by atoms with E-state index in [0.717, 1.165) is 0 Å².